The average Bonchev–Trinajstić information content (AvgIpc) is 2.45. The van der Waals surface area contributed by atoms with Gasteiger partial charge in [-0.3, -0.25) is 4.90 Å². The van der Waals surface area contributed by atoms with Gasteiger partial charge in [0.25, 0.3) is 0 Å². The van der Waals surface area contributed by atoms with Crippen molar-refractivity contribution in [3.05, 3.63) is 0 Å². The third kappa shape index (κ3) is 3.57. The molecule has 0 aromatic heterocycles. The molecule has 1 aliphatic carbocycles. The molecule has 1 heterocycles. The van der Waals surface area contributed by atoms with Crippen LogP contribution in [0.1, 0.15) is 72.6 Å². The summed E-state index contributed by atoms with van der Waals surface area (Å²) in [5.41, 5.74) is 6.57. The fourth-order valence-corrected chi connectivity index (χ4v) is 4.71. The lowest BCUT2D eigenvalue weighted by Gasteiger charge is -2.51. The van der Waals surface area contributed by atoms with Gasteiger partial charge >= 0.3 is 0 Å². The van der Waals surface area contributed by atoms with Gasteiger partial charge in [-0.2, -0.15) is 0 Å². The molecule has 20 heavy (non-hydrogen) atoms. The van der Waals surface area contributed by atoms with E-state index in [1.807, 2.05) is 0 Å². The van der Waals surface area contributed by atoms with Crippen molar-refractivity contribution in [2.24, 2.45) is 23.0 Å². The van der Waals surface area contributed by atoms with Crippen molar-refractivity contribution in [3.63, 3.8) is 0 Å². The number of nitrogens with zero attached hydrogens (tertiary/aromatic N) is 1. The molecule has 1 aliphatic heterocycles. The predicted octanol–water partition coefficient (Wildman–Crippen LogP) is 4.04. The van der Waals surface area contributed by atoms with Gasteiger partial charge < -0.3 is 5.73 Å². The second-order valence-corrected chi connectivity index (χ2v) is 8.25. The van der Waals surface area contributed by atoms with Crippen LogP contribution in [0, 0.1) is 17.3 Å². The number of likely N-dealkylation sites (tertiary alicyclic amines) is 1. The Hall–Kier alpha value is -0.0800. The Morgan fingerprint density at radius 3 is 2.40 bits per heavy atom. The molecule has 2 rings (SSSR count). The summed E-state index contributed by atoms with van der Waals surface area (Å²) in [5.74, 6) is 1.76. The minimum absolute atomic E-state index is 0.436. The third-order valence-corrected chi connectivity index (χ3v) is 5.99. The molecular weight excluding hydrogens is 244 g/mol. The zero-order chi connectivity index (χ0) is 14.8. The molecule has 2 aliphatic rings. The molecule has 0 spiro atoms. The second-order valence-electron chi connectivity index (χ2n) is 8.25. The molecule has 1 saturated carbocycles. The summed E-state index contributed by atoms with van der Waals surface area (Å²) in [6, 6.07) is 1.43. The monoisotopic (exact) mass is 280 g/mol. The van der Waals surface area contributed by atoms with Gasteiger partial charge in [0.05, 0.1) is 0 Å². The predicted molar refractivity (Wildman–Crippen MR) is 87.8 cm³/mol. The highest BCUT2D eigenvalue weighted by Crippen LogP contribution is 2.42. The molecule has 2 nitrogen and oxygen atoms in total. The molecule has 0 aromatic rings. The Labute approximate surface area is 126 Å². The lowest BCUT2D eigenvalue weighted by Crippen LogP contribution is -2.56. The molecule has 0 radical (unpaired) electrons. The minimum Gasteiger partial charge on any atom is -0.329 e. The van der Waals surface area contributed by atoms with Crippen molar-refractivity contribution in [1.29, 1.82) is 0 Å². The van der Waals surface area contributed by atoms with Crippen molar-refractivity contribution >= 4 is 0 Å². The van der Waals surface area contributed by atoms with Crippen LogP contribution in [0.5, 0.6) is 0 Å². The van der Waals surface area contributed by atoms with Crippen LogP contribution in [0.2, 0.25) is 0 Å². The van der Waals surface area contributed by atoms with E-state index in [1.165, 1.54) is 51.5 Å². The Morgan fingerprint density at radius 2 is 1.80 bits per heavy atom. The van der Waals surface area contributed by atoms with Gasteiger partial charge in [0.1, 0.15) is 0 Å². The number of nitrogens with two attached hydrogens (primary N) is 1. The van der Waals surface area contributed by atoms with Gasteiger partial charge in [-0.15, -0.1) is 0 Å². The standard InChI is InChI=1S/C18H36N2/c1-5-14-10-11-20(15(12-14)13-19)17-9-7-6-8-16(17)18(2,3)4/h14-17H,5-13,19H2,1-4H3. The van der Waals surface area contributed by atoms with Crippen LogP contribution in [0.25, 0.3) is 0 Å². The van der Waals surface area contributed by atoms with Crippen LogP contribution in [0.3, 0.4) is 0 Å². The van der Waals surface area contributed by atoms with Crippen molar-refractivity contribution in [2.45, 2.75) is 84.7 Å². The molecule has 0 amide bonds. The fraction of sp³-hybridized carbons (Fsp3) is 1.00. The first kappa shape index (κ1) is 16.3. The van der Waals surface area contributed by atoms with Crippen LogP contribution in [0.15, 0.2) is 0 Å². The smallest absolute Gasteiger partial charge is 0.0224 e. The number of hydrogen-bond donors (Lipinski definition) is 1. The maximum atomic E-state index is 6.13. The molecule has 4 unspecified atom stereocenters. The van der Waals surface area contributed by atoms with E-state index < -0.39 is 0 Å². The number of piperidine rings is 1. The SMILES string of the molecule is CCC1CCN(C2CCCCC2C(C)(C)C)C(CN)C1. The zero-order valence-electron chi connectivity index (χ0n) is 14.2. The first-order valence-electron chi connectivity index (χ1n) is 8.93. The average molecular weight is 280 g/mol. The van der Waals surface area contributed by atoms with E-state index in [0.29, 0.717) is 11.5 Å². The Morgan fingerprint density at radius 1 is 1.10 bits per heavy atom. The fourth-order valence-electron chi connectivity index (χ4n) is 4.71. The Kier molecular flexibility index (Phi) is 5.53. The third-order valence-electron chi connectivity index (χ3n) is 5.99. The van der Waals surface area contributed by atoms with E-state index in [0.717, 1.165) is 24.4 Å². The first-order valence-corrected chi connectivity index (χ1v) is 8.93. The van der Waals surface area contributed by atoms with E-state index >= 15 is 0 Å². The van der Waals surface area contributed by atoms with Crippen LogP contribution in [0.4, 0.5) is 0 Å². The van der Waals surface area contributed by atoms with E-state index in [9.17, 15) is 0 Å². The zero-order valence-corrected chi connectivity index (χ0v) is 14.2. The highest BCUT2D eigenvalue weighted by molar-refractivity contribution is 4.94. The van der Waals surface area contributed by atoms with E-state index in [2.05, 4.69) is 32.6 Å². The number of rotatable bonds is 3. The van der Waals surface area contributed by atoms with Crippen LogP contribution >= 0.6 is 0 Å². The first-order chi connectivity index (χ1) is 9.47. The largest absolute Gasteiger partial charge is 0.329 e. The molecule has 2 N–H and O–H groups in total. The Balaban J connectivity index is 2.10. The summed E-state index contributed by atoms with van der Waals surface area (Å²) in [7, 11) is 0. The highest BCUT2D eigenvalue weighted by atomic mass is 15.2. The van der Waals surface area contributed by atoms with Gasteiger partial charge in [-0.1, -0.05) is 47.0 Å². The lowest BCUT2D eigenvalue weighted by atomic mass is 9.68. The summed E-state index contributed by atoms with van der Waals surface area (Å²) < 4.78 is 0. The maximum absolute atomic E-state index is 6.13. The normalized spacial score (nSPS) is 37.0. The summed E-state index contributed by atoms with van der Waals surface area (Å²) in [5, 5.41) is 0. The van der Waals surface area contributed by atoms with Gasteiger partial charge in [0.15, 0.2) is 0 Å². The van der Waals surface area contributed by atoms with Gasteiger partial charge in [0, 0.05) is 18.6 Å². The lowest BCUT2D eigenvalue weighted by molar-refractivity contribution is -0.0103. The van der Waals surface area contributed by atoms with E-state index in [4.69, 9.17) is 5.73 Å². The minimum atomic E-state index is 0.436. The van der Waals surface area contributed by atoms with Crippen molar-refractivity contribution in [3.8, 4) is 0 Å². The molecular formula is C18H36N2. The van der Waals surface area contributed by atoms with Crippen molar-refractivity contribution in [1.82, 2.24) is 4.90 Å². The van der Waals surface area contributed by atoms with Gasteiger partial charge in [-0.05, 0) is 49.5 Å². The molecule has 2 heteroatoms. The molecule has 1 saturated heterocycles. The second kappa shape index (κ2) is 6.79. The van der Waals surface area contributed by atoms with E-state index in [1.54, 1.807) is 0 Å². The van der Waals surface area contributed by atoms with Gasteiger partial charge in [-0.25, -0.2) is 0 Å². The molecule has 2 fully saturated rings. The summed E-state index contributed by atoms with van der Waals surface area (Å²) in [4.78, 5) is 2.82. The molecule has 0 aromatic carbocycles. The topological polar surface area (TPSA) is 29.3 Å². The van der Waals surface area contributed by atoms with Gasteiger partial charge in [0.2, 0.25) is 0 Å². The van der Waals surface area contributed by atoms with Crippen LogP contribution in [-0.4, -0.2) is 30.1 Å². The van der Waals surface area contributed by atoms with E-state index in [-0.39, 0.29) is 0 Å². The van der Waals surface area contributed by atoms with Crippen molar-refractivity contribution in [2.75, 3.05) is 13.1 Å². The molecule has 0 bridgehead atoms. The summed E-state index contributed by atoms with van der Waals surface area (Å²) in [6.07, 6.45) is 9.71. The molecule has 118 valence electrons. The van der Waals surface area contributed by atoms with Crippen LogP contribution < -0.4 is 5.73 Å². The quantitative estimate of drug-likeness (QED) is 0.845. The molecule has 4 atom stereocenters. The Bertz CT molecular complexity index is 294. The van der Waals surface area contributed by atoms with Crippen LogP contribution in [-0.2, 0) is 0 Å². The summed E-state index contributed by atoms with van der Waals surface area (Å²) >= 11 is 0. The summed E-state index contributed by atoms with van der Waals surface area (Å²) in [6.45, 7) is 11.8. The number of hydrogen-bond acceptors (Lipinski definition) is 2. The van der Waals surface area contributed by atoms with Crippen molar-refractivity contribution < 1.29 is 0 Å². The highest BCUT2D eigenvalue weighted by Gasteiger charge is 2.40. The maximum Gasteiger partial charge on any atom is 0.0224 e.